The number of oxazole rings is 1. The van der Waals surface area contributed by atoms with Gasteiger partial charge in [-0.05, 0) is 32.9 Å². The third-order valence-electron chi connectivity index (χ3n) is 4.54. The molecule has 27 heavy (non-hydrogen) atoms. The molecule has 0 radical (unpaired) electrons. The molecular formula is C19H27ClIN5O. The summed E-state index contributed by atoms with van der Waals surface area (Å²) in [5.41, 5.74) is 2.02. The van der Waals surface area contributed by atoms with Gasteiger partial charge in [0.15, 0.2) is 5.96 Å². The Kier molecular flexibility index (Phi) is 8.22. The van der Waals surface area contributed by atoms with Gasteiger partial charge in [0, 0.05) is 32.7 Å². The van der Waals surface area contributed by atoms with Crippen molar-refractivity contribution in [2.75, 3.05) is 37.6 Å². The maximum absolute atomic E-state index is 6.33. The molecular weight excluding hydrogens is 477 g/mol. The number of hydrogen-bond acceptors (Lipinski definition) is 4. The van der Waals surface area contributed by atoms with E-state index in [1.165, 1.54) is 0 Å². The summed E-state index contributed by atoms with van der Waals surface area (Å²) in [5.74, 6) is 2.42. The summed E-state index contributed by atoms with van der Waals surface area (Å²) in [6.45, 7) is 10.8. The molecule has 0 amide bonds. The smallest absolute Gasteiger partial charge is 0.216 e. The van der Waals surface area contributed by atoms with Gasteiger partial charge in [0.1, 0.15) is 12.3 Å². The van der Waals surface area contributed by atoms with Crippen LogP contribution in [0.3, 0.4) is 0 Å². The second-order valence-electron chi connectivity index (χ2n) is 6.34. The van der Waals surface area contributed by atoms with Crippen molar-refractivity contribution in [3.05, 3.63) is 46.6 Å². The Balaban J connectivity index is 0.00000261. The lowest BCUT2D eigenvalue weighted by Crippen LogP contribution is -2.52. The molecule has 1 N–H and O–H groups in total. The van der Waals surface area contributed by atoms with Crippen molar-refractivity contribution in [1.82, 2.24) is 15.2 Å². The SMILES string of the molecule is CCNC(=NCc1nc(C)c(C)o1)N1CCN(c2ccccc2Cl)CC1.I. The third-order valence-corrected chi connectivity index (χ3v) is 4.86. The van der Waals surface area contributed by atoms with Crippen LogP contribution >= 0.6 is 35.6 Å². The number of benzene rings is 1. The normalized spacial score (nSPS) is 14.9. The highest BCUT2D eigenvalue weighted by Gasteiger charge is 2.21. The summed E-state index contributed by atoms with van der Waals surface area (Å²) in [6, 6.07) is 8.00. The molecule has 1 aromatic heterocycles. The molecule has 0 bridgehead atoms. The molecule has 2 heterocycles. The molecule has 1 aliphatic rings. The fourth-order valence-corrected chi connectivity index (χ4v) is 3.30. The third kappa shape index (κ3) is 5.51. The second-order valence-corrected chi connectivity index (χ2v) is 6.75. The van der Waals surface area contributed by atoms with Gasteiger partial charge in [-0.1, -0.05) is 23.7 Å². The minimum atomic E-state index is 0. The molecule has 1 aliphatic heterocycles. The molecule has 6 nitrogen and oxygen atoms in total. The highest BCUT2D eigenvalue weighted by atomic mass is 127. The van der Waals surface area contributed by atoms with E-state index in [0.717, 1.165) is 60.8 Å². The molecule has 0 unspecified atom stereocenters. The standard InChI is InChI=1S/C19H26ClN5O.HI/c1-4-21-19(22-13-18-23-14(2)15(3)26-18)25-11-9-24(10-12-25)17-8-6-5-7-16(17)20;/h5-8H,4,9-13H2,1-3H3,(H,21,22);1H. The summed E-state index contributed by atoms with van der Waals surface area (Å²) >= 11 is 6.33. The van der Waals surface area contributed by atoms with Gasteiger partial charge in [-0.15, -0.1) is 24.0 Å². The number of halogens is 2. The summed E-state index contributed by atoms with van der Waals surface area (Å²) in [7, 11) is 0. The van der Waals surface area contributed by atoms with E-state index >= 15 is 0 Å². The van der Waals surface area contributed by atoms with Crippen molar-refractivity contribution in [2.24, 2.45) is 4.99 Å². The van der Waals surface area contributed by atoms with E-state index in [-0.39, 0.29) is 24.0 Å². The van der Waals surface area contributed by atoms with E-state index in [4.69, 9.17) is 21.0 Å². The van der Waals surface area contributed by atoms with E-state index in [1.807, 2.05) is 32.0 Å². The van der Waals surface area contributed by atoms with Crippen molar-refractivity contribution < 1.29 is 4.42 Å². The van der Waals surface area contributed by atoms with Gasteiger partial charge in [0.2, 0.25) is 5.89 Å². The fraction of sp³-hybridized carbons (Fsp3) is 0.474. The minimum Gasteiger partial charge on any atom is -0.444 e. The average Bonchev–Trinajstić information content (AvgIpc) is 2.97. The average molecular weight is 504 g/mol. The number of aryl methyl sites for hydroxylation is 2. The van der Waals surface area contributed by atoms with Crippen LogP contribution in [0.5, 0.6) is 0 Å². The number of anilines is 1. The monoisotopic (exact) mass is 503 g/mol. The van der Waals surface area contributed by atoms with Crippen LogP contribution in [-0.2, 0) is 6.54 Å². The summed E-state index contributed by atoms with van der Waals surface area (Å²) in [6.07, 6.45) is 0. The predicted molar refractivity (Wildman–Crippen MR) is 121 cm³/mol. The first-order valence-corrected chi connectivity index (χ1v) is 9.42. The van der Waals surface area contributed by atoms with Crippen LogP contribution in [0.1, 0.15) is 24.3 Å². The lowest BCUT2D eigenvalue weighted by molar-refractivity contribution is 0.371. The number of aliphatic imine (C=N–C) groups is 1. The molecule has 3 rings (SSSR count). The summed E-state index contributed by atoms with van der Waals surface area (Å²) in [5, 5.41) is 4.17. The molecule has 148 valence electrons. The van der Waals surface area contributed by atoms with E-state index in [2.05, 4.69) is 33.1 Å². The van der Waals surface area contributed by atoms with Crippen molar-refractivity contribution in [3.63, 3.8) is 0 Å². The number of rotatable bonds is 4. The Hall–Kier alpha value is -1.48. The van der Waals surface area contributed by atoms with Crippen molar-refractivity contribution in [1.29, 1.82) is 0 Å². The maximum Gasteiger partial charge on any atom is 0.216 e. The predicted octanol–water partition coefficient (Wildman–Crippen LogP) is 3.85. The molecule has 1 saturated heterocycles. The number of nitrogens with one attached hydrogen (secondary N) is 1. The Bertz CT molecular complexity index is 752. The van der Waals surface area contributed by atoms with E-state index < -0.39 is 0 Å². The Morgan fingerprint density at radius 3 is 2.52 bits per heavy atom. The van der Waals surface area contributed by atoms with Gasteiger partial charge < -0.3 is 19.5 Å². The largest absolute Gasteiger partial charge is 0.444 e. The molecule has 0 saturated carbocycles. The van der Waals surface area contributed by atoms with Crippen LogP contribution in [-0.4, -0.2) is 48.6 Å². The van der Waals surface area contributed by atoms with E-state index in [1.54, 1.807) is 0 Å². The van der Waals surface area contributed by atoms with E-state index in [0.29, 0.717) is 12.4 Å². The zero-order valence-corrected chi connectivity index (χ0v) is 19.1. The first-order chi connectivity index (χ1) is 12.6. The number of para-hydroxylation sites is 1. The van der Waals surface area contributed by atoms with E-state index in [9.17, 15) is 0 Å². The van der Waals surface area contributed by atoms with Gasteiger partial charge in [0.25, 0.3) is 0 Å². The van der Waals surface area contributed by atoms with Crippen molar-refractivity contribution in [3.8, 4) is 0 Å². The highest BCUT2D eigenvalue weighted by Crippen LogP contribution is 2.26. The van der Waals surface area contributed by atoms with Gasteiger partial charge in [-0.3, -0.25) is 0 Å². The second kappa shape index (κ2) is 10.2. The Morgan fingerprint density at radius 2 is 1.93 bits per heavy atom. The lowest BCUT2D eigenvalue weighted by atomic mass is 10.2. The number of nitrogens with zero attached hydrogens (tertiary/aromatic N) is 4. The number of hydrogen-bond donors (Lipinski definition) is 1. The minimum absolute atomic E-state index is 0. The maximum atomic E-state index is 6.33. The van der Waals surface area contributed by atoms with Crippen LogP contribution in [0.4, 0.5) is 5.69 Å². The highest BCUT2D eigenvalue weighted by molar-refractivity contribution is 14.0. The van der Waals surface area contributed by atoms with Gasteiger partial charge >= 0.3 is 0 Å². The molecule has 0 atom stereocenters. The molecule has 0 aliphatic carbocycles. The zero-order valence-electron chi connectivity index (χ0n) is 16.0. The molecule has 1 fully saturated rings. The molecule has 0 spiro atoms. The Labute approximate surface area is 183 Å². The molecule has 1 aromatic carbocycles. The topological polar surface area (TPSA) is 56.9 Å². The first-order valence-electron chi connectivity index (χ1n) is 9.04. The summed E-state index contributed by atoms with van der Waals surface area (Å²) in [4.78, 5) is 13.7. The summed E-state index contributed by atoms with van der Waals surface area (Å²) < 4.78 is 5.63. The number of guanidine groups is 1. The Morgan fingerprint density at radius 1 is 1.22 bits per heavy atom. The van der Waals surface area contributed by atoms with Gasteiger partial charge in [0.05, 0.1) is 16.4 Å². The number of piperazine rings is 1. The molecule has 8 heteroatoms. The van der Waals surface area contributed by atoms with Crippen molar-refractivity contribution >= 4 is 47.2 Å². The van der Waals surface area contributed by atoms with Crippen LogP contribution in [0.15, 0.2) is 33.7 Å². The first kappa shape index (κ1) is 21.8. The van der Waals surface area contributed by atoms with Crippen LogP contribution < -0.4 is 10.2 Å². The van der Waals surface area contributed by atoms with Crippen molar-refractivity contribution in [2.45, 2.75) is 27.3 Å². The van der Waals surface area contributed by atoms with Gasteiger partial charge in [-0.25, -0.2) is 9.98 Å². The zero-order chi connectivity index (χ0) is 18.5. The quantitative estimate of drug-likeness (QED) is 0.390. The lowest BCUT2D eigenvalue weighted by Gasteiger charge is -2.38. The fourth-order valence-electron chi connectivity index (χ4n) is 3.04. The van der Waals surface area contributed by atoms with Crippen LogP contribution in [0.25, 0.3) is 0 Å². The molecule has 2 aromatic rings. The number of aromatic nitrogens is 1. The van der Waals surface area contributed by atoms with Gasteiger partial charge in [-0.2, -0.15) is 0 Å². The van der Waals surface area contributed by atoms with Crippen LogP contribution in [0, 0.1) is 13.8 Å². The van der Waals surface area contributed by atoms with Crippen LogP contribution in [0.2, 0.25) is 5.02 Å².